The highest BCUT2D eigenvalue weighted by molar-refractivity contribution is 7.93. The number of benzene rings is 1. The fourth-order valence-electron chi connectivity index (χ4n) is 1.85. The van der Waals surface area contributed by atoms with Gasteiger partial charge in [-0.05, 0) is 29.4 Å². The van der Waals surface area contributed by atoms with Crippen LogP contribution in [0.1, 0.15) is 52.0 Å². The van der Waals surface area contributed by atoms with Crippen LogP contribution in [0.25, 0.3) is 0 Å². The van der Waals surface area contributed by atoms with Gasteiger partial charge in [0.05, 0.1) is 0 Å². The summed E-state index contributed by atoms with van der Waals surface area (Å²) in [6.07, 6.45) is 6.91. The van der Waals surface area contributed by atoms with E-state index >= 15 is 0 Å². The molecule has 0 spiro atoms. The minimum Gasteiger partial charge on any atom is -0.330 e. The second-order valence-electron chi connectivity index (χ2n) is 4.89. The fourth-order valence-corrected chi connectivity index (χ4v) is 1.85. The first-order chi connectivity index (χ1) is 8.08. The molecule has 0 fully saturated rings. The molecule has 0 bridgehead atoms. The Morgan fingerprint density at radius 2 is 1.65 bits per heavy atom. The van der Waals surface area contributed by atoms with E-state index in [2.05, 4.69) is 51.1 Å². The highest BCUT2D eigenvalue weighted by Crippen LogP contribution is 2.28. The summed E-state index contributed by atoms with van der Waals surface area (Å²) in [6.45, 7) is 6.95. The average molecular weight is 254 g/mol. The molecule has 0 unspecified atom stereocenters. The van der Waals surface area contributed by atoms with E-state index < -0.39 is 0 Å². The molecule has 1 rings (SSSR count). The maximum absolute atomic E-state index is 7.49. The minimum atomic E-state index is 0.344. The third-order valence-electron chi connectivity index (χ3n) is 2.96. The lowest BCUT2D eigenvalue weighted by Crippen LogP contribution is -2.16. The zero-order valence-electron chi connectivity index (χ0n) is 11.6. The van der Waals surface area contributed by atoms with E-state index in [1.165, 1.54) is 31.2 Å². The van der Waals surface area contributed by atoms with Gasteiger partial charge in [0.15, 0.2) is 0 Å². The molecule has 0 aliphatic rings. The Morgan fingerprint density at radius 3 is 2.12 bits per heavy atom. The van der Waals surface area contributed by atoms with E-state index in [-0.39, 0.29) is 0 Å². The summed E-state index contributed by atoms with van der Waals surface area (Å²) < 4.78 is 7.49. The molecule has 98 valence electrons. The molecule has 0 amide bonds. The van der Waals surface area contributed by atoms with E-state index in [1.807, 2.05) is 0 Å². The molecule has 2 heteroatoms. The molecule has 0 aliphatic carbocycles. The summed E-state index contributed by atoms with van der Waals surface area (Å²) >= 11 is 0.750. The summed E-state index contributed by atoms with van der Waals surface area (Å²) in [5.74, 6) is 0. The van der Waals surface area contributed by atoms with Gasteiger partial charge in [-0.25, -0.2) is 0 Å². The third kappa shape index (κ3) is 7.45. The van der Waals surface area contributed by atoms with Gasteiger partial charge in [-0.3, -0.25) is 0 Å². The van der Waals surface area contributed by atoms with Crippen molar-refractivity contribution in [3.8, 4) is 0 Å². The first-order valence-electron chi connectivity index (χ1n) is 6.31. The molecule has 0 saturated carbocycles. The van der Waals surface area contributed by atoms with Crippen molar-refractivity contribution in [2.45, 2.75) is 51.9 Å². The van der Waals surface area contributed by atoms with Crippen molar-refractivity contribution in [2.75, 3.05) is 6.26 Å². The summed E-state index contributed by atoms with van der Waals surface area (Å²) in [7, 11) is 0. The maximum atomic E-state index is 7.49. The van der Waals surface area contributed by atoms with Gasteiger partial charge in [0.25, 0.3) is 0 Å². The highest BCUT2D eigenvalue weighted by Gasteiger charge is 2.18. The summed E-state index contributed by atoms with van der Waals surface area (Å²) in [6, 6.07) is 10.8. The lowest BCUT2D eigenvalue weighted by atomic mass is 9.80. The number of hydrogen-bond acceptors (Lipinski definition) is 2. The summed E-state index contributed by atoms with van der Waals surface area (Å²) in [5, 5.41) is 0. The Bertz CT molecular complexity index is 270. The molecule has 0 aromatic heterocycles. The SMILES string of the molecule is CCCCCC(C)(C)c1ccccc1.CSO. The maximum Gasteiger partial charge on any atom is 0.00795 e. The Balaban J connectivity index is 0.000000770. The van der Waals surface area contributed by atoms with E-state index in [0.717, 1.165) is 12.0 Å². The van der Waals surface area contributed by atoms with Gasteiger partial charge in [0, 0.05) is 6.26 Å². The molecule has 17 heavy (non-hydrogen) atoms. The van der Waals surface area contributed by atoms with Gasteiger partial charge in [-0.2, -0.15) is 0 Å². The zero-order chi connectivity index (χ0) is 13.1. The largest absolute Gasteiger partial charge is 0.330 e. The number of unbranched alkanes of at least 4 members (excludes halogenated alkanes) is 2. The van der Waals surface area contributed by atoms with Crippen molar-refractivity contribution in [2.24, 2.45) is 0 Å². The highest BCUT2D eigenvalue weighted by atomic mass is 32.2. The van der Waals surface area contributed by atoms with Crippen LogP contribution in [-0.4, -0.2) is 10.8 Å². The lowest BCUT2D eigenvalue weighted by molar-refractivity contribution is 0.450. The van der Waals surface area contributed by atoms with Gasteiger partial charge < -0.3 is 4.55 Å². The van der Waals surface area contributed by atoms with Crippen LogP contribution in [0.4, 0.5) is 0 Å². The predicted molar refractivity (Wildman–Crippen MR) is 79.8 cm³/mol. The van der Waals surface area contributed by atoms with E-state index in [1.54, 1.807) is 6.26 Å². The molecule has 0 atom stereocenters. The quantitative estimate of drug-likeness (QED) is 0.563. The molecule has 0 heterocycles. The van der Waals surface area contributed by atoms with Gasteiger partial charge >= 0.3 is 0 Å². The summed E-state index contributed by atoms with van der Waals surface area (Å²) in [5.41, 5.74) is 1.81. The van der Waals surface area contributed by atoms with Crippen LogP contribution in [0, 0.1) is 0 Å². The second-order valence-corrected chi connectivity index (χ2v) is 5.25. The van der Waals surface area contributed by atoms with Crippen molar-refractivity contribution < 1.29 is 4.55 Å². The Morgan fingerprint density at radius 1 is 1.12 bits per heavy atom. The van der Waals surface area contributed by atoms with E-state index in [0.29, 0.717) is 5.41 Å². The van der Waals surface area contributed by atoms with Crippen LogP contribution in [0.5, 0.6) is 0 Å². The Kier molecular flexibility index (Phi) is 9.28. The molecule has 0 radical (unpaired) electrons. The molecule has 0 saturated heterocycles. The monoisotopic (exact) mass is 254 g/mol. The predicted octanol–water partition coefficient (Wildman–Crippen LogP) is 5.37. The van der Waals surface area contributed by atoms with Crippen molar-refractivity contribution in [1.82, 2.24) is 0 Å². The first kappa shape index (κ1) is 16.5. The molecule has 1 aromatic carbocycles. The van der Waals surface area contributed by atoms with Crippen molar-refractivity contribution >= 4 is 12.0 Å². The lowest BCUT2D eigenvalue weighted by Gasteiger charge is -2.25. The van der Waals surface area contributed by atoms with Crippen molar-refractivity contribution in [3.05, 3.63) is 35.9 Å². The van der Waals surface area contributed by atoms with Crippen LogP contribution >= 0.6 is 12.0 Å². The molecule has 1 N–H and O–H groups in total. The molecule has 0 aliphatic heterocycles. The summed E-state index contributed by atoms with van der Waals surface area (Å²) in [4.78, 5) is 0. The van der Waals surface area contributed by atoms with Crippen LogP contribution in [0.3, 0.4) is 0 Å². The van der Waals surface area contributed by atoms with Crippen LogP contribution in [0.15, 0.2) is 30.3 Å². The number of rotatable bonds is 5. The Labute approximate surface area is 111 Å². The first-order valence-corrected chi connectivity index (χ1v) is 7.49. The van der Waals surface area contributed by atoms with Crippen molar-refractivity contribution in [1.29, 1.82) is 0 Å². The van der Waals surface area contributed by atoms with Gasteiger partial charge in [-0.15, -0.1) is 0 Å². The fraction of sp³-hybridized carbons (Fsp3) is 0.600. The molecular weight excluding hydrogens is 228 g/mol. The normalized spacial score (nSPS) is 10.6. The van der Waals surface area contributed by atoms with E-state index in [9.17, 15) is 0 Å². The van der Waals surface area contributed by atoms with Gasteiger partial charge in [0.2, 0.25) is 0 Å². The Hall–Kier alpha value is -0.470. The molecule has 1 nitrogen and oxygen atoms in total. The smallest absolute Gasteiger partial charge is 0.00795 e. The second kappa shape index (κ2) is 9.55. The van der Waals surface area contributed by atoms with Gasteiger partial charge in [-0.1, -0.05) is 70.4 Å². The minimum absolute atomic E-state index is 0.344. The topological polar surface area (TPSA) is 20.2 Å². The third-order valence-corrected chi connectivity index (χ3v) is 2.96. The van der Waals surface area contributed by atoms with Crippen molar-refractivity contribution in [3.63, 3.8) is 0 Å². The van der Waals surface area contributed by atoms with Gasteiger partial charge in [0.1, 0.15) is 0 Å². The van der Waals surface area contributed by atoms with Crippen LogP contribution in [0.2, 0.25) is 0 Å². The molecular formula is C15H26OS. The van der Waals surface area contributed by atoms with Crippen LogP contribution in [-0.2, 0) is 5.41 Å². The molecule has 1 aromatic rings. The average Bonchev–Trinajstić information content (AvgIpc) is 2.31. The number of hydrogen-bond donors (Lipinski definition) is 1. The standard InChI is InChI=1S/C14H22.CH4OS/c1-4-5-9-12-14(2,3)13-10-7-6-8-11-13;1-3-2/h6-8,10-11H,4-5,9,12H2,1-3H3;2H,1H3. The zero-order valence-corrected chi connectivity index (χ0v) is 12.4. The van der Waals surface area contributed by atoms with Crippen LogP contribution < -0.4 is 0 Å². The van der Waals surface area contributed by atoms with E-state index in [4.69, 9.17) is 4.55 Å².